The molecule has 0 bridgehead atoms. The van der Waals surface area contributed by atoms with Gasteiger partial charge in [0, 0.05) is 17.5 Å². The molecule has 3 aromatic rings. The Kier molecular flexibility index (Phi) is 5.92. The summed E-state index contributed by atoms with van der Waals surface area (Å²) in [5.41, 5.74) is 9.51. The lowest BCUT2D eigenvalue weighted by molar-refractivity contribution is -0.311. The van der Waals surface area contributed by atoms with Gasteiger partial charge in [0.25, 0.3) is 0 Å². The number of nitrogens with zero attached hydrogens (tertiary/aromatic N) is 3. The minimum atomic E-state index is 0.135. The number of hydrogen-bond acceptors (Lipinski definition) is 6. The SMILES string of the molecule is COc1cc(OC)c(/C=[NH+]/C(N)=N/c2nc(C)c3cc(C)ccc3n2)c(OC)c1. The van der Waals surface area contributed by atoms with Gasteiger partial charge >= 0.3 is 11.9 Å². The molecule has 0 aliphatic rings. The normalized spacial score (nSPS) is 11.8. The molecule has 150 valence electrons. The molecule has 0 aliphatic heterocycles. The van der Waals surface area contributed by atoms with Gasteiger partial charge in [-0.25, -0.2) is 9.98 Å². The van der Waals surface area contributed by atoms with Crippen molar-refractivity contribution in [2.45, 2.75) is 13.8 Å². The van der Waals surface area contributed by atoms with Crippen molar-refractivity contribution >= 4 is 29.0 Å². The molecule has 3 rings (SSSR count). The van der Waals surface area contributed by atoms with Gasteiger partial charge in [0.15, 0.2) is 0 Å². The Morgan fingerprint density at radius 2 is 1.69 bits per heavy atom. The fraction of sp³-hybridized carbons (Fsp3) is 0.238. The van der Waals surface area contributed by atoms with Gasteiger partial charge in [-0.1, -0.05) is 11.6 Å². The molecular weight excluding hydrogens is 370 g/mol. The van der Waals surface area contributed by atoms with Gasteiger partial charge < -0.3 is 14.2 Å². The van der Waals surface area contributed by atoms with Crippen LogP contribution in [-0.4, -0.2) is 43.5 Å². The van der Waals surface area contributed by atoms with Crippen LogP contribution >= 0.6 is 0 Å². The molecule has 0 amide bonds. The number of benzene rings is 2. The molecule has 0 spiro atoms. The molecular formula is C21H24N5O3+. The fourth-order valence-corrected chi connectivity index (χ4v) is 2.89. The molecule has 3 N–H and O–H groups in total. The van der Waals surface area contributed by atoms with Crippen LogP contribution in [0.1, 0.15) is 16.8 Å². The molecule has 0 saturated heterocycles. The monoisotopic (exact) mass is 394 g/mol. The molecule has 0 fully saturated rings. The number of rotatable bonds is 5. The van der Waals surface area contributed by atoms with Crippen molar-refractivity contribution in [3.05, 3.63) is 47.2 Å². The van der Waals surface area contributed by atoms with E-state index >= 15 is 0 Å². The van der Waals surface area contributed by atoms with Crippen LogP contribution in [0.4, 0.5) is 5.95 Å². The van der Waals surface area contributed by atoms with Crippen LogP contribution in [0.2, 0.25) is 0 Å². The standard InChI is InChI=1S/C21H23N5O3/c1-12-6-7-17-15(8-12)13(2)24-21(25-17)26-20(22)23-11-16-18(28-4)9-14(27-3)10-19(16)29-5/h6-11H,1-5H3,(H2,22,24,25,26)/p+1/b23-11+. The summed E-state index contributed by atoms with van der Waals surface area (Å²) < 4.78 is 16.1. The Hall–Kier alpha value is -3.68. The van der Waals surface area contributed by atoms with Crippen molar-refractivity contribution in [1.29, 1.82) is 0 Å². The molecule has 0 saturated carbocycles. The van der Waals surface area contributed by atoms with Crippen molar-refractivity contribution in [2.24, 2.45) is 10.7 Å². The minimum Gasteiger partial charge on any atom is -0.496 e. The van der Waals surface area contributed by atoms with Crippen LogP contribution in [0.3, 0.4) is 0 Å². The highest BCUT2D eigenvalue weighted by Crippen LogP contribution is 2.32. The third-order valence-electron chi connectivity index (χ3n) is 4.37. The highest BCUT2D eigenvalue weighted by molar-refractivity contribution is 5.88. The van der Waals surface area contributed by atoms with E-state index in [9.17, 15) is 0 Å². The van der Waals surface area contributed by atoms with E-state index in [0.29, 0.717) is 22.8 Å². The number of ether oxygens (including phenoxy) is 3. The van der Waals surface area contributed by atoms with Gasteiger partial charge in [-0.15, -0.1) is 0 Å². The molecule has 1 heterocycles. The first-order valence-corrected chi connectivity index (χ1v) is 8.94. The second-order valence-corrected chi connectivity index (χ2v) is 6.36. The average Bonchev–Trinajstić information content (AvgIpc) is 2.72. The summed E-state index contributed by atoms with van der Waals surface area (Å²) in [4.78, 5) is 16.1. The third kappa shape index (κ3) is 4.43. The molecule has 29 heavy (non-hydrogen) atoms. The average molecular weight is 394 g/mol. The number of aromatic nitrogens is 2. The Bertz CT molecular complexity index is 1080. The van der Waals surface area contributed by atoms with Crippen molar-refractivity contribution in [1.82, 2.24) is 9.97 Å². The number of aliphatic imine (C=N–C) groups is 1. The van der Waals surface area contributed by atoms with Crippen LogP contribution in [0.5, 0.6) is 17.2 Å². The van der Waals surface area contributed by atoms with Gasteiger partial charge in [-0.05, 0) is 31.0 Å². The maximum absolute atomic E-state index is 6.03. The Balaban J connectivity index is 1.95. The molecule has 0 radical (unpaired) electrons. The van der Waals surface area contributed by atoms with E-state index in [1.165, 1.54) is 0 Å². The summed E-state index contributed by atoms with van der Waals surface area (Å²) in [6, 6.07) is 9.50. The zero-order valence-corrected chi connectivity index (χ0v) is 17.1. The summed E-state index contributed by atoms with van der Waals surface area (Å²) in [6.45, 7) is 3.95. The molecule has 2 aromatic carbocycles. The van der Waals surface area contributed by atoms with Crippen molar-refractivity contribution in [3.8, 4) is 17.2 Å². The highest BCUT2D eigenvalue weighted by atomic mass is 16.5. The smallest absolute Gasteiger partial charge is 0.390 e. The number of hydrogen-bond donors (Lipinski definition) is 2. The summed E-state index contributed by atoms with van der Waals surface area (Å²) in [7, 11) is 4.71. The molecule has 0 atom stereocenters. The molecule has 0 unspecified atom stereocenters. The summed E-state index contributed by atoms with van der Waals surface area (Å²) in [5.74, 6) is 2.17. The number of guanidine groups is 1. The largest absolute Gasteiger partial charge is 0.496 e. The van der Waals surface area contributed by atoms with Gasteiger partial charge in [0.2, 0.25) is 0 Å². The van der Waals surface area contributed by atoms with Crippen LogP contribution < -0.4 is 24.9 Å². The van der Waals surface area contributed by atoms with Crippen molar-refractivity contribution in [3.63, 3.8) is 0 Å². The maximum atomic E-state index is 6.03. The number of aryl methyl sites for hydroxylation is 2. The number of fused-ring (bicyclic) bond motifs is 1. The summed E-state index contributed by atoms with van der Waals surface area (Å²) >= 11 is 0. The highest BCUT2D eigenvalue weighted by Gasteiger charge is 2.13. The topological polar surface area (TPSA) is 106 Å². The molecule has 8 nitrogen and oxygen atoms in total. The Morgan fingerprint density at radius 3 is 2.31 bits per heavy atom. The third-order valence-corrected chi connectivity index (χ3v) is 4.37. The van der Waals surface area contributed by atoms with Crippen LogP contribution in [0.15, 0.2) is 35.3 Å². The zero-order chi connectivity index (χ0) is 21.0. The summed E-state index contributed by atoms with van der Waals surface area (Å²) in [6.07, 6.45) is 1.65. The van der Waals surface area contributed by atoms with E-state index < -0.39 is 0 Å². The Labute approximate surface area is 169 Å². The predicted octanol–water partition coefficient (Wildman–Crippen LogP) is 1.42. The van der Waals surface area contributed by atoms with E-state index in [2.05, 4.69) is 26.0 Å². The maximum Gasteiger partial charge on any atom is 0.390 e. The second-order valence-electron chi connectivity index (χ2n) is 6.36. The first-order valence-electron chi connectivity index (χ1n) is 8.94. The van der Waals surface area contributed by atoms with E-state index in [4.69, 9.17) is 19.9 Å². The van der Waals surface area contributed by atoms with Gasteiger partial charge in [-0.2, -0.15) is 4.98 Å². The van der Waals surface area contributed by atoms with E-state index in [0.717, 1.165) is 22.2 Å². The van der Waals surface area contributed by atoms with Gasteiger partial charge in [0.05, 0.1) is 44.3 Å². The quantitative estimate of drug-likeness (QED) is 0.501. The molecule has 1 aromatic heterocycles. The lowest BCUT2D eigenvalue weighted by Crippen LogP contribution is -2.77. The first kappa shape index (κ1) is 20.1. The summed E-state index contributed by atoms with van der Waals surface area (Å²) in [5, 5.41) is 0.995. The fourth-order valence-electron chi connectivity index (χ4n) is 2.89. The van der Waals surface area contributed by atoms with E-state index in [-0.39, 0.29) is 11.9 Å². The lowest BCUT2D eigenvalue weighted by atomic mass is 10.1. The van der Waals surface area contributed by atoms with E-state index in [1.54, 1.807) is 39.7 Å². The predicted molar refractivity (Wildman–Crippen MR) is 113 cm³/mol. The van der Waals surface area contributed by atoms with Crippen molar-refractivity contribution < 1.29 is 19.2 Å². The first-order chi connectivity index (χ1) is 13.9. The second kappa shape index (κ2) is 8.55. The minimum absolute atomic E-state index is 0.135. The van der Waals surface area contributed by atoms with Crippen LogP contribution in [0, 0.1) is 13.8 Å². The van der Waals surface area contributed by atoms with Crippen LogP contribution in [0.25, 0.3) is 10.9 Å². The Morgan fingerprint density at radius 1 is 1.00 bits per heavy atom. The van der Waals surface area contributed by atoms with Crippen LogP contribution in [-0.2, 0) is 0 Å². The molecule has 8 heteroatoms. The van der Waals surface area contributed by atoms with Gasteiger partial charge in [-0.3, -0.25) is 5.73 Å². The van der Waals surface area contributed by atoms with E-state index in [1.807, 2.05) is 26.0 Å². The number of nitrogens with one attached hydrogen (secondary N) is 1. The van der Waals surface area contributed by atoms with Crippen molar-refractivity contribution in [2.75, 3.05) is 21.3 Å². The molecule has 0 aliphatic carbocycles. The zero-order valence-electron chi connectivity index (χ0n) is 17.1. The lowest BCUT2D eigenvalue weighted by Gasteiger charge is -2.11. The van der Waals surface area contributed by atoms with Gasteiger partial charge in [0.1, 0.15) is 17.2 Å². The number of methoxy groups -OCH3 is 3. The number of nitrogens with two attached hydrogens (primary N) is 1.